The average molecular weight is 375 g/mol. The number of benzene rings is 1. The minimum absolute atomic E-state index is 0.213. The van der Waals surface area contributed by atoms with Crippen LogP contribution in [0.2, 0.25) is 0 Å². The molecule has 3 heterocycles. The molecule has 0 unspecified atom stereocenters. The van der Waals surface area contributed by atoms with Crippen molar-refractivity contribution in [1.82, 2.24) is 15.3 Å². The smallest absolute Gasteiger partial charge is 0.271 e. The number of rotatable bonds is 4. The van der Waals surface area contributed by atoms with E-state index in [1.165, 1.54) is 0 Å². The molecule has 1 fully saturated rings. The Hall–Kier alpha value is -3.45. The van der Waals surface area contributed by atoms with Crippen molar-refractivity contribution in [3.05, 3.63) is 77.0 Å². The van der Waals surface area contributed by atoms with Crippen molar-refractivity contribution in [2.24, 2.45) is 0 Å². The molecule has 7 nitrogen and oxygen atoms in total. The van der Waals surface area contributed by atoms with Crippen molar-refractivity contribution < 1.29 is 4.79 Å². The third-order valence-electron chi connectivity index (χ3n) is 4.78. The average Bonchev–Trinajstić information content (AvgIpc) is 2.76. The largest absolute Gasteiger partial charge is 0.369 e. The van der Waals surface area contributed by atoms with Crippen LogP contribution in [-0.2, 0) is 0 Å². The highest BCUT2D eigenvalue weighted by Gasteiger charge is 2.13. The number of hydrogen-bond acceptors (Lipinski definition) is 5. The number of carbonyl (C=O) groups excluding carboxylic acids is 1. The van der Waals surface area contributed by atoms with E-state index >= 15 is 0 Å². The lowest BCUT2D eigenvalue weighted by atomic mass is 10.1. The summed E-state index contributed by atoms with van der Waals surface area (Å²) in [5.74, 6) is -0.316. The first-order chi connectivity index (χ1) is 13.7. The third-order valence-corrected chi connectivity index (χ3v) is 4.78. The van der Waals surface area contributed by atoms with Crippen LogP contribution in [0.4, 0.5) is 11.4 Å². The fourth-order valence-electron chi connectivity index (χ4n) is 3.23. The highest BCUT2D eigenvalue weighted by atomic mass is 16.2. The van der Waals surface area contributed by atoms with Crippen molar-refractivity contribution >= 4 is 17.3 Å². The van der Waals surface area contributed by atoms with Gasteiger partial charge < -0.3 is 20.5 Å². The molecule has 4 rings (SSSR count). The van der Waals surface area contributed by atoms with Gasteiger partial charge in [-0.2, -0.15) is 0 Å². The molecule has 28 heavy (non-hydrogen) atoms. The Labute approximate surface area is 162 Å². The molecule has 3 N–H and O–H groups in total. The number of nitrogens with zero attached hydrogens (tertiary/aromatic N) is 2. The Bertz CT molecular complexity index is 1010. The molecular formula is C21H21N5O2. The molecule has 1 amide bonds. The monoisotopic (exact) mass is 375 g/mol. The quantitative estimate of drug-likeness (QED) is 0.650. The zero-order chi connectivity index (χ0) is 19.3. The van der Waals surface area contributed by atoms with Crippen LogP contribution in [0.1, 0.15) is 10.4 Å². The van der Waals surface area contributed by atoms with Crippen LogP contribution in [-0.4, -0.2) is 42.1 Å². The van der Waals surface area contributed by atoms with E-state index in [4.69, 9.17) is 0 Å². The number of pyridine rings is 2. The van der Waals surface area contributed by atoms with Gasteiger partial charge in [0.15, 0.2) is 0 Å². The SMILES string of the molecule is O=C(Nc1cc(-c2ccncc2)c[nH]c1=O)c1ccc(N2CCNCC2)cc1. The summed E-state index contributed by atoms with van der Waals surface area (Å²) in [5.41, 5.74) is 3.17. The van der Waals surface area contributed by atoms with E-state index < -0.39 is 0 Å². The first-order valence-electron chi connectivity index (χ1n) is 9.21. The topological polar surface area (TPSA) is 90.1 Å². The molecule has 0 spiro atoms. The highest BCUT2D eigenvalue weighted by molar-refractivity contribution is 6.04. The van der Waals surface area contributed by atoms with Gasteiger partial charge >= 0.3 is 0 Å². The number of hydrogen-bond donors (Lipinski definition) is 3. The lowest BCUT2D eigenvalue weighted by Crippen LogP contribution is -2.43. The molecule has 0 saturated carbocycles. The van der Waals surface area contributed by atoms with Gasteiger partial charge in [0.1, 0.15) is 5.69 Å². The second-order valence-electron chi connectivity index (χ2n) is 6.61. The summed E-state index contributed by atoms with van der Waals surface area (Å²) in [6.07, 6.45) is 4.98. The van der Waals surface area contributed by atoms with Gasteiger partial charge in [-0.05, 0) is 48.0 Å². The van der Waals surface area contributed by atoms with Gasteiger partial charge in [0.2, 0.25) is 0 Å². The maximum absolute atomic E-state index is 12.6. The van der Waals surface area contributed by atoms with Gasteiger partial charge in [-0.1, -0.05) is 0 Å². The fourth-order valence-corrected chi connectivity index (χ4v) is 3.23. The number of aromatic amines is 1. The molecule has 1 saturated heterocycles. The van der Waals surface area contributed by atoms with Crippen LogP contribution in [0.3, 0.4) is 0 Å². The Morgan fingerprint density at radius 2 is 1.71 bits per heavy atom. The number of anilines is 2. The van der Waals surface area contributed by atoms with E-state index in [9.17, 15) is 9.59 Å². The van der Waals surface area contributed by atoms with Crippen molar-refractivity contribution in [1.29, 1.82) is 0 Å². The van der Waals surface area contributed by atoms with E-state index in [2.05, 4.69) is 25.5 Å². The molecule has 1 aliphatic rings. The van der Waals surface area contributed by atoms with Gasteiger partial charge in [-0.3, -0.25) is 14.6 Å². The molecule has 0 atom stereocenters. The minimum Gasteiger partial charge on any atom is -0.369 e. The molecular weight excluding hydrogens is 354 g/mol. The summed E-state index contributed by atoms with van der Waals surface area (Å²) in [5, 5.41) is 6.03. The Kier molecular flexibility index (Phi) is 5.16. The second kappa shape index (κ2) is 8.06. The molecule has 0 radical (unpaired) electrons. The van der Waals surface area contributed by atoms with E-state index in [1.807, 2.05) is 24.3 Å². The Morgan fingerprint density at radius 1 is 1.00 bits per heavy atom. The zero-order valence-electron chi connectivity index (χ0n) is 15.3. The summed E-state index contributed by atoms with van der Waals surface area (Å²) in [7, 11) is 0. The lowest BCUT2D eigenvalue weighted by molar-refractivity contribution is 0.102. The summed E-state index contributed by atoms with van der Waals surface area (Å²) >= 11 is 0. The molecule has 1 aliphatic heterocycles. The second-order valence-corrected chi connectivity index (χ2v) is 6.61. The Balaban J connectivity index is 1.51. The predicted molar refractivity (Wildman–Crippen MR) is 110 cm³/mol. The first kappa shape index (κ1) is 17.9. The van der Waals surface area contributed by atoms with Crippen LogP contribution >= 0.6 is 0 Å². The number of nitrogens with one attached hydrogen (secondary N) is 3. The predicted octanol–water partition coefficient (Wildman–Crippen LogP) is 2.10. The molecule has 0 bridgehead atoms. The number of piperazine rings is 1. The molecule has 3 aromatic rings. The normalized spacial score (nSPS) is 13.9. The van der Waals surface area contributed by atoms with E-state index in [1.54, 1.807) is 36.8 Å². The standard InChI is InChI=1S/C21H21N5O2/c27-20(16-1-3-18(4-2-16)26-11-9-23-10-12-26)25-19-13-17(14-24-21(19)28)15-5-7-22-8-6-15/h1-8,13-14,23H,9-12H2,(H,24,28)(H,25,27). The number of carbonyl (C=O) groups is 1. The van der Waals surface area contributed by atoms with Crippen LogP contribution in [0.5, 0.6) is 0 Å². The van der Waals surface area contributed by atoms with Gasteiger partial charge in [0.05, 0.1) is 0 Å². The molecule has 142 valence electrons. The number of aromatic nitrogens is 2. The van der Waals surface area contributed by atoms with Gasteiger partial charge in [-0.25, -0.2) is 0 Å². The van der Waals surface area contributed by atoms with E-state index in [0.717, 1.165) is 43.0 Å². The van der Waals surface area contributed by atoms with Gasteiger partial charge in [-0.15, -0.1) is 0 Å². The van der Waals surface area contributed by atoms with Crippen molar-refractivity contribution in [2.45, 2.75) is 0 Å². The molecule has 7 heteroatoms. The van der Waals surface area contributed by atoms with E-state index in [0.29, 0.717) is 5.56 Å². The highest BCUT2D eigenvalue weighted by Crippen LogP contribution is 2.20. The van der Waals surface area contributed by atoms with Gasteiger partial charge in [0, 0.05) is 61.6 Å². The summed E-state index contributed by atoms with van der Waals surface area (Å²) in [6.45, 7) is 3.81. The minimum atomic E-state index is -0.344. The summed E-state index contributed by atoms with van der Waals surface area (Å²) in [6, 6.07) is 12.8. The number of H-pyrrole nitrogens is 1. The molecule has 0 aliphatic carbocycles. The summed E-state index contributed by atoms with van der Waals surface area (Å²) in [4.78, 5) is 33.7. The van der Waals surface area contributed by atoms with Crippen molar-refractivity contribution in [3.63, 3.8) is 0 Å². The fraction of sp³-hybridized carbons (Fsp3) is 0.190. The van der Waals surface area contributed by atoms with Gasteiger partial charge in [0.25, 0.3) is 11.5 Å². The first-order valence-corrected chi connectivity index (χ1v) is 9.21. The third kappa shape index (κ3) is 3.94. The Morgan fingerprint density at radius 3 is 2.43 bits per heavy atom. The van der Waals surface area contributed by atoms with Crippen LogP contribution in [0.25, 0.3) is 11.1 Å². The number of amides is 1. The summed E-state index contributed by atoms with van der Waals surface area (Å²) < 4.78 is 0. The molecule has 2 aromatic heterocycles. The van der Waals surface area contributed by atoms with Crippen LogP contribution < -0.4 is 21.1 Å². The van der Waals surface area contributed by atoms with E-state index in [-0.39, 0.29) is 17.2 Å². The maximum atomic E-state index is 12.6. The maximum Gasteiger partial charge on any atom is 0.271 e. The van der Waals surface area contributed by atoms with Crippen LogP contribution in [0, 0.1) is 0 Å². The van der Waals surface area contributed by atoms with Crippen LogP contribution in [0.15, 0.2) is 65.8 Å². The zero-order valence-corrected chi connectivity index (χ0v) is 15.3. The molecule has 1 aromatic carbocycles. The lowest BCUT2D eigenvalue weighted by Gasteiger charge is -2.29. The van der Waals surface area contributed by atoms with Crippen molar-refractivity contribution in [3.8, 4) is 11.1 Å². The van der Waals surface area contributed by atoms with Crippen molar-refractivity contribution in [2.75, 3.05) is 36.4 Å².